The van der Waals surface area contributed by atoms with Gasteiger partial charge >= 0.3 is 11.8 Å². The summed E-state index contributed by atoms with van der Waals surface area (Å²) in [6.45, 7) is 3.81. The van der Waals surface area contributed by atoms with Crippen LogP contribution in [0.3, 0.4) is 0 Å². The van der Waals surface area contributed by atoms with Crippen molar-refractivity contribution in [1.29, 1.82) is 0 Å². The van der Waals surface area contributed by atoms with E-state index in [0.717, 1.165) is 10.0 Å². The summed E-state index contributed by atoms with van der Waals surface area (Å²) in [5.41, 5.74) is 3.67. The number of hydrazone groups is 1. The van der Waals surface area contributed by atoms with Gasteiger partial charge in [-0.15, -0.1) is 0 Å². The first-order valence-corrected chi connectivity index (χ1v) is 9.33. The highest BCUT2D eigenvalue weighted by molar-refractivity contribution is 9.10. The van der Waals surface area contributed by atoms with E-state index >= 15 is 0 Å². The molecule has 0 aliphatic carbocycles. The summed E-state index contributed by atoms with van der Waals surface area (Å²) >= 11 is 9.53. The van der Waals surface area contributed by atoms with Crippen molar-refractivity contribution >= 4 is 45.6 Å². The highest BCUT2D eigenvalue weighted by Crippen LogP contribution is 2.24. The van der Waals surface area contributed by atoms with Gasteiger partial charge in [0.1, 0.15) is 12.4 Å². The zero-order valence-corrected chi connectivity index (χ0v) is 17.2. The fraction of sp³-hybridized carbons (Fsp3) is 0.211. The molecule has 0 saturated heterocycles. The van der Waals surface area contributed by atoms with Crippen LogP contribution in [-0.2, 0) is 16.2 Å². The molecule has 0 spiro atoms. The van der Waals surface area contributed by atoms with E-state index in [-0.39, 0.29) is 12.6 Å². The maximum Gasteiger partial charge on any atom is 0.329 e. The summed E-state index contributed by atoms with van der Waals surface area (Å²) in [7, 11) is 0. The summed E-state index contributed by atoms with van der Waals surface area (Å²) in [5.74, 6) is -1.03. The lowest BCUT2D eigenvalue weighted by Crippen LogP contribution is -2.41. The number of halogens is 2. The minimum atomic E-state index is -0.839. The first kappa shape index (κ1) is 20.9. The Morgan fingerprint density at radius 1 is 1.22 bits per heavy atom. The van der Waals surface area contributed by atoms with E-state index in [1.807, 2.05) is 24.3 Å². The second-order valence-electron chi connectivity index (χ2n) is 5.89. The lowest BCUT2D eigenvalue weighted by molar-refractivity contribution is -0.139. The average Bonchev–Trinajstić information content (AvgIpc) is 2.61. The molecule has 0 saturated carbocycles. The standard InChI is InChI=1S/C19H19BrClN3O3/c1-12(2)23-18(25)19(26)24-22-10-14-9-15(20)7-8-17(14)27-11-13-5-3-4-6-16(13)21/h3-10,12H,11H2,1-2H3,(H,23,25)(H,24,26)/b22-10-. The third kappa shape index (κ3) is 6.69. The van der Waals surface area contributed by atoms with Crippen molar-refractivity contribution in [2.24, 2.45) is 5.10 Å². The van der Waals surface area contributed by atoms with Crippen LogP contribution in [0.25, 0.3) is 0 Å². The molecule has 0 aliphatic rings. The molecule has 0 fully saturated rings. The third-order valence-corrected chi connectivity index (χ3v) is 4.17. The Kier molecular flexibility index (Phi) is 7.82. The van der Waals surface area contributed by atoms with Crippen molar-refractivity contribution < 1.29 is 14.3 Å². The maximum atomic E-state index is 11.7. The van der Waals surface area contributed by atoms with E-state index in [4.69, 9.17) is 16.3 Å². The molecule has 6 nitrogen and oxygen atoms in total. The number of ether oxygens (including phenoxy) is 1. The highest BCUT2D eigenvalue weighted by Gasteiger charge is 2.13. The smallest absolute Gasteiger partial charge is 0.329 e. The van der Waals surface area contributed by atoms with Crippen molar-refractivity contribution in [1.82, 2.24) is 10.7 Å². The Balaban J connectivity index is 2.05. The first-order valence-electron chi connectivity index (χ1n) is 8.16. The SMILES string of the molecule is CC(C)NC(=O)C(=O)N/N=C\c1cc(Br)ccc1OCc1ccccc1Cl. The molecule has 27 heavy (non-hydrogen) atoms. The first-order chi connectivity index (χ1) is 12.9. The molecule has 2 aromatic carbocycles. The second kappa shape index (κ2) is 10.1. The highest BCUT2D eigenvalue weighted by atomic mass is 79.9. The van der Waals surface area contributed by atoms with Crippen molar-refractivity contribution in [3.05, 3.63) is 63.1 Å². The van der Waals surface area contributed by atoms with Crippen LogP contribution in [0.5, 0.6) is 5.75 Å². The number of rotatable bonds is 6. The van der Waals surface area contributed by atoms with E-state index in [1.54, 1.807) is 32.0 Å². The van der Waals surface area contributed by atoms with Gasteiger partial charge in [-0.05, 0) is 38.1 Å². The van der Waals surface area contributed by atoms with Gasteiger partial charge in [0, 0.05) is 26.7 Å². The number of benzene rings is 2. The van der Waals surface area contributed by atoms with Gasteiger partial charge in [-0.25, -0.2) is 5.43 Å². The largest absolute Gasteiger partial charge is 0.488 e. The number of nitrogens with zero attached hydrogens (tertiary/aromatic N) is 1. The molecule has 2 aromatic rings. The molecular formula is C19H19BrClN3O3. The minimum Gasteiger partial charge on any atom is -0.488 e. The lowest BCUT2D eigenvalue weighted by atomic mass is 10.2. The lowest BCUT2D eigenvalue weighted by Gasteiger charge is -2.11. The van der Waals surface area contributed by atoms with E-state index in [2.05, 4.69) is 31.8 Å². The van der Waals surface area contributed by atoms with Crippen LogP contribution in [0.2, 0.25) is 5.02 Å². The van der Waals surface area contributed by atoms with E-state index in [0.29, 0.717) is 16.3 Å². The van der Waals surface area contributed by atoms with Crippen LogP contribution < -0.4 is 15.5 Å². The van der Waals surface area contributed by atoms with Gasteiger partial charge in [-0.3, -0.25) is 9.59 Å². The van der Waals surface area contributed by atoms with E-state index in [9.17, 15) is 9.59 Å². The van der Waals surface area contributed by atoms with Gasteiger partial charge in [-0.1, -0.05) is 45.7 Å². The summed E-state index contributed by atoms with van der Waals surface area (Å²) in [6.07, 6.45) is 1.41. The fourth-order valence-electron chi connectivity index (χ4n) is 2.06. The zero-order valence-electron chi connectivity index (χ0n) is 14.8. The number of nitrogens with one attached hydrogen (secondary N) is 2. The normalized spacial score (nSPS) is 10.9. The fourth-order valence-corrected chi connectivity index (χ4v) is 2.63. The molecule has 0 heterocycles. The summed E-state index contributed by atoms with van der Waals surface area (Å²) in [6, 6.07) is 12.6. The molecular weight excluding hydrogens is 434 g/mol. The van der Waals surface area contributed by atoms with Crippen LogP contribution >= 0.6 is 27.5 Å². The number of carbonyl (C=O) groups is 2. The van der Waals surface area contributed by atoms with Crippen LogP contribution in [0.4, 0.5) is 0 Å². The maximum absolute atomic E-state index is 11.7. The predicted molar refractivity (Wildman–Crippen MR) is 109 cm³/mol. The molecule has 0 unspecified atom stereocenters. The zero-order chi connectivity index (χ0) is 19.8. The van der Waals surface area contributed by atoms with Crippen LogP contribution in [0.15, 0.2) is 52.0 Å². The topological polar surface area (TPSA) is 79.8 Å². The third-order valence-electron chi connectivity index (χ3n) is 3.31. The second-order valence-corrected chi connectivity index (χ2v) is 7.21. The molecule has 2 N–H and O–H groups in total. The van der Waals surface area contributed by atoms with Crippen molar-refractivity contribution in [2.45, 2.75) is 26.5 Å². The van der Waals surface area contributed by atoms with Gasteiger partial charge in [0.05, 0.1) is 6.21 Å². The van der Waals surface area contributed by atoms with E-state index in [1.165, 1.54) is 6.21 Å². The predicted octanol–water partition coefficient (Wildman–Crippen LogP) is 3.66. The van der Waals surface area contributed by atoms with Gasteiger partial charge in [0.2, 0.25) is 0 Å². The molecule has 0 aliphatic heterocycles. The number of hydrogen-bond donors (Lipinski definition) is 2. The van der Waals surface area contributed by atoms with Gasteiger partial charge in [0.15, 0.2) is 0 Å². The average molecular weight is 453 g/mol. The Morgan fingerprint density at radius 2 is 1.96 bits per heavy atom. The quantitative estimate of drug-likeness (QED) is 0.399. The van der Waals surface area contributed by atoms with Crippen molar-refractivity contribution in [3.8, 4) is 5.75 Å². The number of carbonyl (C=O) groups excluding carboxylic acids is 2. The molecule has 0 bridgehead atoms. The van der Waals surface area contributed by atoms with Crippen LogP contribution in [-0.4, -0.2) is 24.1 Å². The Bertz CT molecular complexity index is 856. The monoisotopic (exact) mass is 451 g/mol. The van der Waals surface area contributed by atoms with Crippen molar-refractivity contribution in [2.75, 3.05) is 0 Å². The summed E-state index contributed by atoms with van der Waals surface area (Å²) < 4.78 is 6.65. The molecule has 0 radical (unpaired) electrons. The molecule has 2 rings (SSSR count). The van der Waals surface area contributed by atoms with E-state index < -0.39 is 11.8 Å². The summed E-state index contributed by atoms with van der Waals surface area (Å²) in [4.78, 5) is 23.2. The van der Waals surface area contributed by atoms with Crippen molar-refractivity contribution in [3.63, 3.8) is 0 Å². The Morgan fingerprint density at radius 3 is 2.67 bits per heavy atom. The Labute approximate surface area is 171 Å². The number of amides is 2. The van der Waals surface area contributed by atoms with Crippen LogP contribution in [0, 0.1) is 0 Å². The molecule has 0 aromatic heterocycles. The van der Waals surface area contributed by atoms with Gasteiger partial charge in [-0.2, -0.15) is 5.10 Å². The molecule has 2 amide bonds. The summed E-state index contributed by atoms with van der Waals surface area (Å²) in [5, 5.41) is 6.94. The molecule has 142 valence electrons. The van der Waals surface area contributed by atoms with Crippen LogP contribution in [0.1, 0.15) is 25.0 Å². The molecule has 8 heteroatoms. The minimum absolute atomic E-state index is 0.137. The molecule has 0 atom stereocenters. The van der Waals surface area contributed by atoms with Gasteiger partial charge < -0.3 is 10.1 Å². The number of hydrogen-bond acceptors (Lipinski definition) is 4. The van der Waals surface area contributed by atoms with Gasteiger partial charge in [0.25, 0.3) is 0 Å². The Hall–Kier alpha value is -2.38.